The maximum Gasteiger partial charge on any atom is 0.155 e. The van der Waals surface area contributed by atoms with Gasteiger partial charge in [0.05, 0.1) is 17.1 Å². The van der Waals surface area contributed by atoms with E-state index in [-0.39, 0.29) is 23.6 Å². The predicted molar refractivity (Wildman–Crippen MR) is 78.8 cm³/mol. The highest BCUT2D eigenvalue weighted by Crippen LogP contribution is 2.36. The van der Waals surface area contributed by atoms with Gasteiger partial charge in [-0.05, 0) is 37.1 Å². The van der Waals surface area contributed by atoms with Crippen molar-refractivity contribution >= 4 is 11.0 Å². The fraction of sp³-hybridized carbons (Fsp3) is 0.312. The van der Waals surface area contributed by atoms with Crippen molar-refractivity contribution in [2.24, 2.45) is 11.7 Å². The number of hydrogen-bond donors (Lipinski definition) is 1. The fourth-order valence-electron chi connectivity index (χ4n) is 2.88. The minimum absolute atomic E-state index is 0.0269. The quantitative estimate of drug-likeness (QED) is 0.914. The van der Waals surface area contributed by atoms with E-state index >= 15 is 0 Å². The fourth-order valence-corrected chi connectivity index (χ4v) is 2.88. The summed E-state index contributed by atoms with van der Waals surface area (Å²) < 4.78 is 30.0. The van der Waals surface area contributed by atoms with Gasteiger partial charge in [0.15, 0.2) is 5.82 Å². The molecule has 0 radical (unpaired) electrons. The van der Waals surface area contributed by atoms with Gasteiger partial charge in [-0.1, -0.05) is 13.0 Å². The van der Waals surface area contributed by atoms with Crippen molar-refractivity contribution in [2.75, 3.05) is 0 Å². The predicted octanol–water partition coefficient (Wildman–Crippen LogP) is 3.80. The average Bonchev–Trinajstić information content (AvgIpc) is 2.75. The van der Waals surface area contributed by atoms with E-state index in [1.807, 2.05) is 6.92 Å². The highest BCUT2D eigenvalue weighted by molar-refractivity contribution is 5.79. The third kappa shape index (κ3) is 2.17. The minimum atomic E-state index is -0.506. The average molecular weight is 289 g/mol. The van der Waals surface area contributed by atoms with E-state index in [1.54, 1.807) is 35.9 Å². The Morgan fingerprint density at radius 3 is 2.86 bits per heavy atom. The number of fused-ring (bicyclic) bond motifs is 1. The summed E-state index contributed by atoms with van der Waals surface area (Å²) >= 11 is 0. The Bertz CT molecular complexity index is 743. The summed E-state index contributed by atoms with van der Waals surface area (Å²) in [6.07, 6.45) is 6.30. The zero-order valence-electron chi connectivity index (χ0n) is 11.9. The van der Waals surface area contributed by atoms with Crippen LogP contribution in [0.3, 0.4) is 0 Å². The van der Waals surface area contributed by atoms with Crippen LogP contribution in [0.1, 0.15) is 31.6 Å². The van der Waals surface area contributed by atoms with Gasteiger partial charge in [-0.15, -0.1) is 0 Å². The lowest BCUT2D eigenvalue weighted by atomic mass is 9.96. The van der Waals surface area contributed by atoms with Gasteiger partial charge >= 0.3 is 0 Å². The maximum atomic E-state index is 14.6. The molecule has 3 atom stereocenters. The molecule has 3 rings (SSSR count). The molecule has 5 heteroatoms. The van der Waals surface area contributed by atoms with Crippen molar-refractivity contribution < 1.29 is 8.78 Å². The first-order chi connectivity index (χ1) is 10.0. The van der Waals surface area contributed by atoms with Gasteiger partial charge in [0.2, 0.25) is 0 Å². The van der Waals surface area contributed by atoms with Crippen molar-refractivity contribution in [3.05, 3.63) is 53.9 Å². The Balaban J connectivity index is 2.31. The summed E-state index contributed by atoms with van der Waals surface area (Å²) in [5, 5.41) is 0.417. The van der Waals surface area contributed by atoms with Gasteiger partial charge in [0, 0.05) is 12.2 Å². The number of nitrogens with two attached hydrogens (primary N) is 1. The maximum absolute atomic E-state index is 14.6. The van der Waals surface area contributed by atoms with E-state index in [2.05, 4.69) is 4.98 Å². The van der Waals surface area contributed by atoms with Gasteiger partial charge < -0.3 is 10.3 Å². The molecule has 0 saturated carbocycles. The molecule has 110 valence electrons. The lowest BCUT2D eigenvalue weighted by molar-refractivity contribution is 0.446. The van der Waals surface area contributed by atoms with Crippen molar-refractivity contribution in [3.63, 3.8) is 0 Å². The zero-order valence-corrected chi connectivity index (χ0v) is 11.9. The van der Waals surface area contributed by atoms with E-state index in [1.165, 1.54) is 12.2 Å². The van der Waals surface area contributed by atoms with Crippen molar-refractivity contribution in [1.29, 1.82) is 0 Å². The third-order valence-corrected chi connectivity index (χ3v) is 3.89. The van der Waals surface area contributed by atoms with Crippen LogP contribution in [0.4, 0.5) is 8.78 Å². The normalized spacial score (nSPS) is 23.4. The topological polar surface area (TPSA) is 43.8 Å². The van der Waals surface area contributed by atoms with Crippen LogP contribution in [0, 0.1) is 11.7 Å². The molecule has 0 aromatic carbocycles. The molecule has 2 heterocycles. The SMILES string of the molecule is CC(N)c1c(F)c2cccnc2n1C1C=C(F)C=CC1C. The van der Waals surface area contributed by atoms with E-state index in [4.69, 9.17) is 5.73 Å². The van der Waals surface area contributed by atoms with Crippen LogP contribution in [0.15, 0.2) is 42.4 Å². The van der Waals surface area contributed by atoms with Crippen LogP contribution >= 0.6 is 0 Å². The van der Waals surface area contributed by atoms with E-state index in [0.717, 1.165) is 0 Å². The molecule has 3 unspecified atom stereocenters. The molecule has 2 aromatic rings. The number of allylic oxidation sites excluding steroid dienone is 4. The molecule has 21 heavy (non-hydrogen) atoms. The van der Waals surface area contributed by atoms with E-state index < -0.39 is 6.04 Å². The summed E-state index contributed by atoms with van der Waals surface area (Å²) in [7, 11) is 0. The third-order valence-electron chi connectivity index (χ3n) is 3.89. The molecule has 2 N–H and O–H groups in total. The molecular weight excluding hydrogens is 272 g/mol. The summed E-state index contributed by atoms with van der Waals surface area (Å²) in [5.41, 5.74) is 6.80. The second kappa shape index (κ2) is 5.07. The molecule has 0 spiro atoms. The van der Waals surface area contributed by atoms with Gasteiger partial charge in [-0.3, -0.25) is 0 Å². The second-order valence-electron chi connectivity index (χ2n) is 5.49. The Morgan fingerprint density at radius 1 is 1.38 bits per heavy atom. The van der Waals surface area contributed by atoms with Crippen LogP contribution in [-0.4, -0.2) is 9.55 Å². The lowest BCUT2D eigenvalue weighted by Crippen LogP contribution is -2.22. The first-order valence-electron chi connectivity index (χ1n) is 6.96. The zero-order chi connectivity index (χ0) is 15.1. The van der Waals surface area contributed by atoms with Gasteiger partial charge in [0.25, 0.3) is 0 Å². The van der Waals surface area contributed by atoms with E-state index in [9.17, 15) is 8.78 Å². The van der Waals surface area contributed by atoms with Crippen LogP contribution in [-0.2, 0) is 0 Å². The Hall–Kier alpha value is -2.01. The molecule has 0 aliphatic heterocycles. The van der Waals surface area contributed by atoms with Gasteiger partial charge in [-0.2, -0.15) is 0 Å². The second-order valence-corrected chi connectivity index (χ2v) is 5.49. The van der Waals surface area contributed by atoms with Gasteiger partial charge in [-0.25, -0.2) is 13.8 Å². The largest absolute Gasteiger partial charge is 0.323 e. The Morgan fingerprint density at radius 2 is 2.14 bits per heavy atom. The first kappa shape index (κ1) is 13.9. The molecule has 0 amide bonds. The van der Waals surface area contributed by atoms with Crippen LogP contribution in [0.5, 0.6) is 0 Å². The summed E-state index contributed by atoms with van der Waals surface area (Å²) in [5.74, 6) is -0.672. The smallest absolute Gasteiger partial charge is 0.155 e. The molecule has 3 nitrogen and oxygen atoms in total. The molecule has 0 fully saturated rings. The molecular formula is C16H17F2N3. The number of hydrogen-bond acceptors (Lipinski definition) is 2. The Kier molecular flexibility index (Phi) is 3.37. The summed E-state index contributed by atoms with van der Waals surface area (Å²) in [6, 6.07) is 2.51. The number of nitrogens with zero attached hydrogens (tertiary/aromatic N) is 2. The van der Waals surface area contributed by atoms with Crippen molar-refractivity contribution in [1.82, 2.24) is 9.55 Å². The van der Waals surface area contributed by atoms with Crippen molar-refractivity contribution in [2.45, 2.75) is 25.9 Å². The molecule has 0 saturated heterocycles. The summed E-state index contributed by atoms with van der Waals surface area (Å²) in [6.45, 7) is 3.68. The number of halogens is 2. The standard InChI is InChI=1S/C16H17F2N3/c1-9-5-6-11(17)8-13(9)21-15(10(2)19)14(18)12-4-3-7-20-16(12)21/h3-10,13H,19H2,1-2H3. The monoisotopic (exact) mass is 289 g/mol. The lowest BCUT2D eigenvalue weighted by Gasteiger charge is -2.26. The molecule has 1 aliphatic carbocycles. The van der Waals surface area contributed by atoms with Crippen LogP contribution in [0.25, 0.3) is 11.0 Å². The Labute approximate surface area is 121 Å². The number of pyridine rings is 1. The number of rotatable bonds is 2. The van der Waals surface area contributed by atoms with E-state index in [0.29, 0.717) is 16.7 Å². The van der Waals surface area contributed by atoms with Gasteiger partial charge in [0.1, 0.15) is 11.5 Å². The molecule has 2 aromatic heterocycles. The van der Waals surface area contributed by atoms with Crippen LogP contribution in [0.2, 0.25) is 0 Å². The number of aromatic nitrogens is 2. The molecule has 0 bridgehead atoms. The summed E-state index contributed by atoms with van der Waals surface area (Å²) in [4.78, 5) is 4.27. The highest BCUT2D eigenvalue weighted by Gasteiger charge is 2.28. The van der Waals surface area contributed by atoms with Crippen LogP contribution < -0.4 is 5.73 Å². The molecule has 1 aliphatic rings. The minimum Gasteiger partial charge on any atom is -0.323 e. The first-order valence-corrected chi connectivity index (χ1v) is 6.96. The van der Waals surface area contributed by atoms with Crippen molar-refractivity contribution in [3.8, 4) is 0 Å². The highest BCUT2D eigenvalue weighted by atomic mass is 19.1.